The molecule has 11 heavy (non-hydrogen) atoms. The first-order valence-electron chi connectivity index (χ1n) is 2.95. The van der Waals surface area contributed by atoms with Gasteiger partial charge >= 0.3 is 0 Å². The van der Waals surface area contributed by atoms with Gasteiger partial charge in [-0.1, -0.05) is 11.6 Å². The molecule has 0 atom stereocenters. The SMILES string of the molecule is Clc1csc2cncc(Br)c12. The first-order chi connectivity index (χ1) is 5.29. The van der Waals surface area contributed by atoms with Gasteiger partial charge in [-0.25, -0.2) is 0 Å². The van der Waals surface area contributed by atoms with E-state index in [-0.39, 0.29) is 0 Å². The van der Waals surface area contributed by atoms with Crippen LogP contribution in [0.25, 0.3) is 10.1 Å². The quantitative estimate of drug-likeness (QED) is 0.692. The van der Waals surface area contributed by atoms with Crippen molar-refractivity contribution in [2.24, 2.45) is 0 Å². The summed E-state index contributed by atoms with van der Waals surface area (Å²) < 4.78 is 2.07. The van der Waals surface area contributed by atoms with Crippen LogP contribution in [0, 0.1) is 0 Å². The van der Waals surface area contributed by atoms with E-state index in [1.165, 1.54) is 0 Å². The average molecular weight is 249 g/mol. The second-order valence-electron chi connectivity index (χ2n) is 2.08. The summed E-state index contributed by atoms with van der Waals surface area (Å²) in [5.74, 6) is 0. The fourth-order valence-electron chi connectivity index (χ4n) is 0.912. The number of aromatic nitrogens is 1. The van der Waals surface area contributed by atoms with E-state index in [0.29, 0.717) is 0 Å². The van der Waals surface area contributed by atoms with Gasteiger partial charge in [-0.15, -0.1) is 11.3 Å². The van der Waals surface area contributed by atoms with Crippen LogP contribution in [-0.4, -0.2) is 4.98 Å². The smallest absolute Gasteiger partial charge is 0.0604 e. The van der Waals surface area contributed by atoms with Gasteiger partial charge in [0, 0.05) is 27.6 Å². The Hall–Kier alpha value is -0.120. The number of rotatable bonds is 0. The third kappa shape index (κ3) is 1.17. The Labute approximate surface area is 81.1 Å². The molecule has 2 aromatic heterocycles. The highest BCUT2D eigenvalue weighted by Gasteiger charge is 2.04. The minimum absolute atomic E-state index is 0.791. The zero-order valence-corrected chi connectivity index (χ0v) is 8.50. The van der Waals surface area contributed by atoms with Crippen molar-refractivity contribution < 1.29 is 0 Å². The molecule has 0 amide bonds. The topological polar surface area (TPSA) is 12.9 Å². The van der Waals surface area contributed by atoms with E-state index in [1.54, 1.807) is 17.5 Å². The van der Waals surface area contributed by atoms with Gasteiger partial charge in [-0.05, 0) is 15.9 Å². The number of hydrogen-bond acceptors (Lipinski definition) is 2. The molecule has 0 spiro atoms. The van der Waals surface area contributed by atoms with Gasteiger partial charge in [0.25, 0.3) is 0 Å². The molecule has 2 aromatic rings. The zero-order valence-electron chi connectivity index (χ0n) is 5.34. The van der Waals surface area contributed by atoms with Crippen LogP contribution < -0.4 is 0 Å². The van der Waals surface area contributed by atoms with Gasteiger partial charge in [0.2, 0.25) is 0 Å². The van der Waals surface area contributed by atoms with Crippen LogP contribution in [0.2, 0.25) is 5.02 Å². The predicted molar refractivity (Wildman–Crippen MR) is 52.3 cm³/mol. The Bertz CT molecular complexity index is 398. The van der Waals surface area contributed by atoms with Crippen molar-refractivity contribution >= 4 is 49.0 Å². The molecular formula is C7H3BrClNS. The summed E-state index contributed by atoms with van der Waals surface area (Å²) in [5, 5.41) is 3.77. The van der Waals surface area contributed by atoms with E-state index in [9.17, 15) is 0 Å². The molecule has 0 aliphatic carbocycles. The van der Waals surface area contributed by atoms with Crippen LogP contribution in [0.5, 0.6) is 0 Å². The van der Waals surface area contributed by atoms with Crippen molar-refractivity contribution in [3.8, 4) is 0 Å². The molecule has 0 unspecified atom stereocenters. The molecule has 0 saturated heterocycles. The van der Waals surface area contributed by atoms with E-state index in [0.717, 1.165) is 19.6 Å². The summed E-state index contributed by atoms with van der Waals surface area (Å²) in [4.78, 5) is 4.03. The molecule has 0 radical (unpaired) electrons. The van der Waals surface area contributed by atoms with Crippen LogP contribution in [0.4, 0.5) is 0 Å². The molecule has 0 N–H and O–H groups in total. The molecular weight excluding hydrogens is 246 g/mol. The maximum absolute atomic E-state index is 5.93. The normalized spacial score (nSPS) is 10.7. The maximum atomic E-state index is 5.93. The number of fused-ring (bicyclic) bond motifs is 1. The van der Waals surface area contributed by atoms with Crippen LogP contribution in [0.1, 0.15) is 0 Å². The molecule has 0 aliphatic rings. The number of thiophene rings is 1. The van der Waals surface area contributed by atoms with Gasteiger partial charge in [0.15, 0.2) is 0 Å². The molecule has 0 fully saturated rings. The molecule has 0 bridgehead atoms. The van der Waals surface area contributed by atoms with Gasteiger partial charge in [-0.2, -0.15) is 0 Å². The van der Waals surface area contributed by atoms with E-state index in [4.69, 9.17) is 11.6 Å². The highest BCUT2D eigenvalue weighted by atomic mass is 79.9. The Morgan fingerprint density at radius 3 is 3.00 bits per heavy atom. The molecule has 0 aliphatic heterocycles. The average Bonchev–Trinajstić information content (AvgIpc) is 2.34. The lowest BCUT2D eigenvalue weighted by Crippen LogP contribution is -1.71. The van der Waals surface area contributed by atoms with Crippen molar-refractivity contribution in [3.63, 3.8) is 0 Å². The summed E-state index contributed by atoms with van der Waals surface area (Å²) >= 11 is 10.9. The Balaban J connectivity index is 2.96. The Morgan fingerprint density at radius 2 is 2.27 bits per heavy atom. The van der Waals surface area contributed by atoms with Gasteiger partial charge in [0.1, 0.15) is 0 Å². The number of pyridine rings is 1. The van der Waals surface area contributed by atoms with Gasteiger partial charge in [0.05, 0.1) is 9.72 Å². The lowest BCUT2D eigenvalue weighted by molar-refractivity contribution is 1.36. The summed E-state index contributed by atoms with van der Waals surface area (Å²) in [6, 6.07) is 0. The first kappa shape index (κ1) is 7.53. The van der Waals surface area contributed by atoms with Crippen molar-refractivity contribution in [2.75, 3.05) is 0 Å². The number of halogens is 2. The fourth-order valence-corrected chi connectivity index (χ4v) is 2.90. The van der Waals surface area contributed by atoms with Crippen molar-refractivity contribution in [2.45, 2.75) is 0 Å². The van der Waals surface area contributed by atoms with Crippen molar-refractivity contribution in [1.29, 1.82) is 0 Å². The first-order valence-corrected chi connectivity index (χ1v) is 5.00. The molecule has 56 valence electrons. The third-order valence-corrected chi connectivity index (χ3v) is 3.34. The zero-order chi connectivity index (χ0) is 7.84. The summed E-state index contributed by atoms with van der Waals surface area (Å²) in [6.07, 6.45) is 3.57. The maximum Gasteiger partial charge on any atom is 0.0604 e. The monoisotopic (exact) mass is 247 g/mol. The van der Waals surface area contributed by atoms with Crippen molar-refractivity contribution in [3.05, 3.63) is 27.3 Å². The van der Waals surface area contributed by atoms with E-state index < -0.39 is 0 Å². The van der Waals surface area contributed by atoms with Crippen LogP contribution in [-0.2, 0) is 0 Å². The summed E-state index contributed by atoms with van der Waals surface area (Å²) in [6.45, 7) is 0. The molecule has 4 heteroatoms. The van der Waals surface area contributed by atoms with Crippen molar-refractivity contribution in [1.82, 2.24) is 4.98 Å². The minimum atomic E-state index is 0.791. The second kappa shape index (κ2) is 2.73. The third-order valence-electron chi connectivity index (χ3n) is 1.39. The molecule has 2 heterocycles. The Kier molecular flexibility index (Phi) is 1.87. The largest absolute Gasteiger partial charge is 0.262 e. The van der Waals surface area contributed by atoms with E-state index in [2.05, 4.69) is 20.9 Å². The standard InChI is InChI=1S/C7H3BrClNS/c8-4-1-10-2-6-7(4)5(9)3-11-6/h1-3H. The highest BCUT2D eigenvalue weighted by molar-refractivity contribution is 9.10. The van der Waals surface area contributed by atoms with Gasteiger partial charge < -0.3 is 0 Å². The second-order valence-corrected chi connectivity index (χ2v) is 4.25. The number of nitrogens with zero attached hydrogens (tertiary/aromatic N) is 1. The van der Waals surface area contributed by atoms with E-state index in [1.807, 2.05) is 11.6 Å². The lowest BCUT2D eigenvalue weighted by Gasteiger charge is -1.91. The predicted octanol–water partition coefficient (Wildman–Crippen LogP) is 3.71. The van der Waals surface area contributed by atoms with Gasteiger partial charge in [-0.3, -0.25) is 4.98 Å². The van der Waals surface area contributed by atoms with Crippen LogP contribution >= 0.6 is 38.9 Å². The molecule has 0 aromatic carbocycles. The minimum Gasteiger partial charge on any atom is -0.262 e. The highest BCUT2D eigenvalue weighted by Crippen LogP contribution is 2.34. The fraction of sp³-hybridized carbons (Fsp3) is 0. The molecule has 2 rings (SSSR count). The number of hydrogen-bond donors (Lipinski definition) is 0. The van der Waals surface area contributed by atoms with Crippen LogP contribution in [0.15, 0.2) is 22.2 Å². The Morgan fingerprint density at radius 1 is 1.45 bits per heavy atom. The van der Waals surface area contributed by atoms with E-state index >= 15 is 0 Å². The summed E-state index contributed by atoms with van der Waals surface area (Å²) in [5.41, 5.74) is 0. The summed E-state index contributed by atoms with van der Waals surface area (Å²) in [7, 11) is 0. The lowest BCUT2D eigenvalue weighted by atomic mass is 10.3. The molecule has 1 nitrogen and oxygen atoms in total. The van der Waals surface area contributed by atoms with Crippen LogP contribution in [0.3, 0.4) is 0 Å². The molecule has 0 saturated carbocycles.